The number of hydrogen-bond acceptors (Lipinski definition) is 2. The number of halogens is 1. The summed E-state index contributed by atoms with van der Waals surface area (Å²) in [5.41, 5.74) is 9.11. The molecular weight excluding hydrogens is 246 g/mol. The van der Waals surface area contributed by atoms with Gasteiger partial charge < -0.3 is 10.1 Å². The normalized spacial score (nSPS) is 12.8. The van der Waals surface area contributed by atoms with Gasteiger partial charge in [-0.1, -0.05) is 41.9 Å². The number of hydrogen-bond donors (Lipinski definition) is 1. The van der Waals surface area contributed by atoms with Gasteiger partial charge in [0.25, 0.3) is 0 Å². The Morgan fingerprint density at radius 3 is 2.67 bits per heavy atom. The molecule has 0 saturated heterocycles. The topological polar surface area (TPSA) is 43.3 Å². The van der Waals surface area contributed by atoms with Gasteiger partial charge in [-0.25, -0.2) is 4.98 Å². The lowest BCUT2D eigenvalue weighted by Gasteiger charge is -2.11. The molecule has 3 nitrogen and oxygen atoms in total. The Hall–Kier alpha value is -1.84. The molecule has 1 aromatic carbocycles. The summed E-state index contributed by atoms with van der Waals surface area (Å²) < 4.78 is 1.93. The fourth-order valence-electron chi connectivity index (χ4n) is 2.03. The zero-order valence-electron chi connectivity index (χ0n) is 9.62. The quantitative estimate of drug-likeness (QED) is 0.767. The van der Waals surface area contributed by atoms with Crippen molar-refractivity contribution in [2.75, 3.05) is 0 Å². The number of nitrogens with zero attached hydrogens (tertiary/aromatic N) is 2. The molecule has 0 saturated carbocycles. The number of pyridine rings is 1. The van der Waals surface area contributed by atoms with Gasteiger partial charge in [-0.05, 0) is 17.7 Å². The summed E-state index contributed by atoms with van der Waals surface area (Å²) in [4.78, 5) is 4.33. The molecular formula is C14H12ClN3. The monoisotopic (exact) mass is 257 g/mol. The first kappa shape index (κ1) is 11.3. The molecule has 2 heterocycles. The molecule has 0 aliphatic carbocycles. The molecule has 0 spiro atoms. The average Bonchev–Trinajstić information content (AvgIpc) is 2.82. The Bertz CT molecular complexity index is 676. The zero-order chi connectivity index (χ0) is 12.5. The van der Waals surface area contributed by atoms with Gasteiger partial charge in [-0.2, -0.15) is 0 Å². The zero-order valence-corrected chi connectivity index (χ0v) is 10.4. The van der Waals surface area contributed by atoms with Gasteiger partial charge >= 0.3 is 0 Å². The second-order valence-corrected chi connectivity index (χ2v) is 4.58. The summed E-state index contributed by atoms with van der Waals surface area (Å²) in [6, 6.07) is 13.4. The van der Waals surface area contributed by atoms with Crippen LogP contribution in [0.25, 0.3) is 5.65 Å². The van der Waals surface area contributed by atoms with Crippen LogP contribution in [0.5, 0.6) is 0 Å². The highest BCUT2D eigenvalue weighted by molar-refractivity contribution is 6.30. The van der Waals surface area contributed by atoms with Gasteiger partial charge in [0.2, 0.25) is 0 Å². The van der Waals surface area contributed by atoms with Crippen LogP contribution in [0.1, 0.15) is 17.3 Å². The van der Waals surface area contributed by atoms with Crippen molar-refractivity contribution in [3.63, 3.8) is 0 Å². The minimum atomic E-state index is -0.209. The van der Waals surface area contributed by atoms with E-state index in [-0.39, 0.29) is 6.04 Å². The van der Waals surface area contributed by atoms with E-state index in [4.69, 9.17) is 17.3 Å². The van der Waals surface area contributed by atoms with Crippen LogP contribution in [0.3, 0.4) is 0 Å². The van der Waals surface area contributed by atoms with Gasteiger partial charge in [0.05, 0.1) is 23.0 Å². The molecule has 18 heavy (non-hydrogen) atoms. The van der Waals surface area contributed by atoms with E-state index in [1.54, 1.807) is 6.20 Å². The van der Waals surface area contributed by atoms with Crippen molar-refractivity contribution >= 4 is 17.2 Å². The van der Waals surface area contributed by atoms with Gasteiger partial charge in [0.1, 0.15) is 5.65 Å². The summed E-state index contributed by atoms with van der Waals surface area (Å²) in [5, 5.41) is 0.669. The summed E-state index contributed by atoms with van der Waals surface area (Å²) in [5.74, 6) is 0. The van der Waals surface area contributed by atoms with Gasteiger partial charge in [0.15, 0.2) is 0 Å². The van der Waals surface area contributed by atoms with Crippen molar-refractivity contribution in [3.8, 4) is 0 Å². The van der Waals surface area contributed by atoms with Crippen molar-refractivity contribution < 1.29 is 0 Å². The largest absolute Gasteiger partial charge is 0.319 e. The van der Waals surface area contributed by atoms with E-state index in [2.05, 4.69) is 4.98 Å². The standard InChI is InChI=1S/C14H12ClN3/c15-11-6-7-13-17-8-12(18(13)9-11)14(16)10-4-2-1-3-5-10/h1-9,14H,16H2. The molecule has 4 heteroatoms. The lowest BCUT2D eigenvalue weighted by molar-refractivity contribution is 0.815. The maximum absolute atomic E-state index is 6.27. The van der Waals surface area contributed by atoms with E-state index in [9.17, 15) is 0 Å². The van der Waals surface area contributed by atoms with Crippen LogP contribution in [-0.4, -0.2) is 9.38 Å². The Morgan fingerprint density at radius 2 is 1.89 bits per heavy atom. The molecule has 0 amide bonds. The highest BCUT2D eigenvalue weighted by atomic mass is 35.5. The van der Waals surface area contributed by atoms with Gasteiger partial charge in [0, 0.05) is 6.20 Å². The van der Waals surface area contributed by atoms with Crippen LogP contribution in [0.2, 0.25) is 5.02 Å². The number of rotatable bonds is 2. The maximum Gasteiger partial charge on any atom is 0.137 e. The molecule has 0 radical (unpaired) electrons. The van der Waals surface area contributed by atoms with E-state index in [0.29, 0.717) is 5.02 Å². The molecule has 0 bridgehead atoms. The van der Waals surface area contributed by atoms with E-state index < -0.39 is 0 Å². The van der Waals surface area contributed by atoms with E-state index >= 15 is 0 Å². The molecule has 3 aromatic rings. The maximum atomic E-state index is 6.27. The molecule has 90 valence electrons. The number of benzene rings is 1. The average molecular weight is 258 g/mol. The second-order valence-electron chi connectivity index (χ2n) is 4.15. The van der Waals surface area contributed by atoms with Crippen molar-refractivity contribution in [3.05, 3.63) is 71.1 Å². The minimum absolute atomic E-state index is 0.209. The second kappa shape index (κ2) is 4.44. The molecule has 2 aromatic heterocycles. The van der Waals surface area contributed by atoms with Gasteiger partial charge in [-0.15, -0.1) is 0 Å². The highest BCUT2D eigenvalue weighted by Gasteiger charge is 2.13. The third kappa shape index (κ3) is 1.88. The minimum Gasteiger partial charge on any atom is -0.319 e. The smallest absolute Gasteiger partial charge is 0.137 e. The van der Waals surface area contributed by atoms with Crippen LogP contribution in [0.15, 0.2) is 54.9 Å². The Kier molecular flexibility index (Phi) is 2.78. The van der Waals surface area contributed by atoms with Crippen molar-refractivity contribution in [2.45, 2.75) is 6.04 Å². The first-order chi connectivity index (χ1) is 8.75. The molecule has 0 aliphatic heterocycles. The molecule has 1 unspecified atom stereocenters. The van der Waals surface area contributed by atoms with Gasteiger partial charge in [-0.3, -0.25) is 0 Å². The van der Waals surface area contributed by atoms with E-state index in [0.717, 1.165) is 16.9 Å². The Labute approximate surface area is 110 Å². The Balaban J connectivity index is 2.12. The lowest BCUT2D eigenvalue weighted by atomic mass is 10.1. The molecule has 0 aliphatic rings. The summed E-state index contributed by atoms with van der Waals surface area (Å²) in [6.07, 6.45) is 3.63. The third-order valence-corrected chi connectivity index (χ3v) is 3.20. The number of imidazole rings is 1. The van der Waals surface area contributed by atoms with E-state index in [1.807, 2.05) is 53.1 Å². The number of aromatic nitrogens is 2. The predicted molar refractivity (Wildman–Crippen MR) is 72.7 cm³/mol. The first-order valence-electron chi connectivity index (χ1n) is 5.69. The highest BCUT2D eigenvalue weighted by Crippen LogP contribution is 2.21. The molecule has 1 atom stereocenters. The number of nitrogens with two attached hydrogens (primary N) is 1. The SMILES string of the molecule is NC(c1ccccc1)c1cnc2ccc(Cl)cn12. The van der Waals surface area contributed by atoms with Crippen molar-refractivity contribution in [1.82, 2.24) is 9.38 Å². The lowest BCUT2D eigenvalue weighted by Crippen LogP contribution is -2.13. The van der Waals surface area contributed by atoms with Crippen LogP contribution in [0, 0.1) is 0 Å². The summed E-state index contributed by atoms with van der Waals surface area (Å²) in [7, 11) is 0. The van der Waals surface area contributed by atoms with Crippen molar-refractivity contribution in [1.29, 1.82) is 0 Å². The van der Waals surface area contributed by atoms with E-state index in [1.165, 1.54) is 0 Å². The van der Waals surface area contributed by atoms with Crippen LogP contribution < -0.4 is 5.73 Å². The molecule has 2 N–H and O–H groups in total. The fourth-order valence-corrected chi connectivity index (χ4v) is 2.20. The summed E-state index contributed by atoms with van der Waals surface area (Å²) in [6.45, 7) is 0. The van der Waals surface area contributed by atoms with Crippen molar-refractivity contribution in [2.24, 2.45) is 5.73 Å². The van der Waals surface area contributed by atoms with Crippen LogP contribution in [0.4, 0.5) is 0 Å². The van der Waals surface area contributed by atoms with Crippen LogP contribution in [-0.2, 0) is 0 Å². The molecule has 0 fully saturated rings. The predicted octanol–water partition coefficient (Wildman–Crippen LogP) is 3.04. The summed E-state index contributed by atoms with van der Waals surface area (Å²) >= 11 is 6.01. The Morgan fingerprint density at radius 1 is 1.11 bits per heavy atom. The first-order valence-corrected chi connectivity index (χ1v) is 6.06. The third-order valence-electron chi connectivity index (χ3n) is 2.98. The number of fused-ring (bicyclic) bond motifs is 1. The fraction of sp³-hybridized carbons (Fsp3) is 0.0714. The molecule has 3 rings (SSSR count). The van der Waals surface area contributed by atoms with Crippen LogP contribution >= 0.6 is 11.6 Å².